The average molecular weight is 374 g/mol. The minimum atomic E-state index is -0.147. The summed E-state index contributed by atoms with van der Waals surface area (Å²) in [6.07, 6.45) is 2.11. The zero-order valence-electron chi connectivity index (χ0n) is 15.9. The summed E-state index contributed by atoms with van der Waals surface area (Å²) in [5, 5.41) is 15.3. The zero-order valence-corrected chi connectivity index (χ0v) is 15.9. The molecule has 7 nitrogen and oxygen atoms in total. The van der Waals surface area contributed by atoms with Crippen LogP contribution in [0.1, 0.15) is 31.0 Å². The van der Waals surface area contributed by atoms with E-state index >= 15 is 0 Å². The number of fused-ring (bicyclic) bond motifs is 1. The number of hydrogen-bond donors (Lipinski definition) is 1. The van der Waals surface area contributed by atoms with Crippen LogP contribution in [0.4, 0.5) is 5.95 Å². The molecule has 0 saturated heterocycles. The van der Waals surface area contributed by atoms with Gasteiger partial charge in [-0.1, -0.05) is 65.8 Å². The summed E-state index contributed by atoms with van der Waals surface area (Å²) in [7, 11) is 0. The molecule has 1 aliphatic rings. The molecular formula is C21H22N6O. The second-order valence-corrected chi connectivity index (χ2v) is 7.01. The summed E-state index contributed by atoms with van der Waals surface area (Å²) in [5.41, 5.74) is 3.00. The van der Waals surface area contributed by atoms with Crippen molar-refractivity contribution >= 4 is 17.6 Å². The molecule has 0 unspecified atom stereocenters. The highest BCUT2D eigenvalue weighted by Gasteiger charge is 2.31. The quantitative estimate of drug-likeness (QED) is 0.743. The van der Waals surface area contributed by atoms with Crippen molar-refractivity contribution in [1.29, 1.82) is 0 Å². The molecule has 142 valence electrons. The third-order valence-corrected chi connectivity index (χ3v) is 4.55. The highest BCUT2D eigenvalue weighted by molar-refractivity contribution is 5.89. The number of rotatable bonds is 5. The maximum Gasteiger partial charge on any atom is 0.251 e. The molecule has 1 aliphatic heterocycles. The number of nitrogens with one attached hydrogen (secondary N) is 1. The summed E-state index contributed by atoms with van der Waals surface area (Å²) >= 11 is 0. The highest BCUT2D eigenvalue weighted by Crippen LogP contribution is 2.35. The molecule has 0 bridgehead atoms. The van der Waals surface area contributed by atoms with E-state index in [4.69, 9.17) is 0 Å². The summed E-state index contributed by atoms with van der Waals surface area (Å²) in [4.78, 5) is 14.4. The Kier molecular flexibility index (Phi) is 4.89. The maximum absolute atomic E-state index is 12.5. The Bertz CT molecular complexity index is 980. The SMILES string of the molecule is CC(C)NC(=O)CN1C(c2ccccc2)=C[C@H](c2ccccc2)n2nnnc21. The predicted molar refractivity (Wildman–Crippen MR) is 107 cm³/mol. The molecule has 0 fully saturated rings. The molecule has 0 radical (unpaired) electrons. The first-order valence-electron chi connectivity index (χ1n) is 9.30. The fourth-order valence-corrected chi connectivity index (χ4v) is 3.38. The number of anilines is 1. The van der Waals surface area contributed by atoms with Gasteiger partial charge in [-0.2, -0.15) is 4.68 Å². The second-order valence-electron chi connectivity index (χ2n) is 7.01. The van der Waals surface area contributed by atoms with E-state index in [0.717, 1.165) is 16.8 Å². The largest absolute Gasteiger partial charge is 0.352 e. The fourth-order valence-electron chi connectivity index (χ4n) is 3.38. The van der Waals surface area contributed by atoms with Crippen LogP contribution in [-0.4, -0.2) is 38.7 Å². The number of allylic oxidation sites excluding steroid dienone is 1. The van der Waals surface area contributed by atoms with Gasteiger partial charge in [0.25, 0.3) is 5.95 Å². The van der Waals surface area contributed by atoms with E-state index in [2.05, 4.69) is 39.1 Å². The van der Waals surface area contributed by atoms with Crippen LogP contribution in [0, 0.1) is 0 Å². The summed E-state index contributed by atoms with van der Waals surface area (Å²) in [6, 6.07) is 20.0. The van der Waals surface area contributed by atoms with Gasteiger partial charge >= 0.3 is 0 Å². The highest BCUT2D eigenvalue weighted by atomic mass is 16.2. The van der Waals surface area contributed by atoms with Crippen molar-refractivity contribution in [2.45, 2.75) is 25.9 Å². The van der Waals surface area contributed by atoms with Crippen LogP contribution in [0.2, 0.25) is 0 Å². The minimum Gasteiger partial charge on any atom is -0.352 e. The molecule has 4 rings (SSSR count). The van der Waals surface area contributed by atoms with Gasteiger partial charge in [-0.05, 0) is 41.5 Å². The lowest BCUT2D eigenvalue weighted by molar-refractivity contribution is -0.120. The van der Waals surface area contributed by atoms with Crippen LogP contribution in [-0.2, 0) is 4.79 Å². The van der Waals surface area contributed by atoms with Crippen LogP contribution in [0.15, 0.2) is 66.7 Å². The summed E-state index contributed by atoms with van der Waals surface area (Å²) in [5.74, 6) is 0.471. The molecule has 1 amide bonds. The number of carbonyl (C=O) groups excluding carboxylic acids is 1. The van der Waals surface area contributed by atoms with Gasteiger partial charge < -0.3 is 5.32 Å². The van der Waals surface area contributed by atoms with Crippen LogP contribution in [0.3, 0.4) is 0 Å². The number of amides is 1. The van der Waals surface area contributed by atoms with Crippen molar-refractivity contribution in [2.75, 3.05) is 11.4 Å². The second kappa shape index (κ2) is 7.64. The lowest BCUT2D eigenvalue weighted by atomic mass is 10.0. The van der Waals surface area contributed by atoms with E-state index in [1.54, 1.807) is 4.68 Å². The van der Waals surface area contributed by atoms with Gasteiger partial charge in [0.15, 0.2) is 0 Å². The molecule has 1 atom stereocenters. The Morgan fingerprint density at radius 3 is 2.43 bits per heavy atom. The Labute approximate surface area is 163 Å². The Morgan fingerprint density at radius 2 is 1.75 bits per heavy atom. The Balaban J connectivity index is 1.80. The van der Waals surface area contributed by atoms with Crippen molar-refractivity contribution in [2.24, 2.45) is 0 Å². The lowest BCUT2D eigenvalue weighted by Crippen LogP contribution is -2.42. The number of nitrogens with zero attached hydrogens (tertiary/aromatic N) is 5. The third kappa shape index (κ3) is 3.51. The number of tetrazole rings is 1. The van der Waals surface area contributed by atoms with Gasteiger partial charge in [0.1, 0.15) is 12.6 Å². The Morgan fingerprint density at radius 1 is 1.07 bits per heavy atom. The smallest absolute Gasteiger partial charge is 0.251 e. The first kappa shape index (κ1) is 17.9. The molecule has 0 spiro atoms. The molecule has 28 heavy (non-hydrogen) atoms. The van der Waals surface area contributed by atoms with E-state index in [0.29, 0.717) is 5.95 Å². The molecule has 2 heterocycles. The zero-order chi connectivity index (χ0) is 19.5. The van der Waals surface area contributed by atoms with Gasteiger partial charge in [0.2, 0.25) is 5.91 Å². The van der Waals surface area contributed by atoms with Gasteiger partial charge in [-0.15, -0.1) is 0 Å². The van der Waals surface area contributed by atoms with E-state index in [9.17, 15) is 4.79 Å². The van der Waals surface area contributed by atoms with Gasteiger partial charge in [0.05, 0.1) is 5.70 Å². The van der Waals surface area contributed by atoms with Crippen LogP contribution < -0.4 is 10.2 Å². The Hall–Kier alpha value is -3.48. The predicted octanol–water partition coefficient (Wildman–Crippen LogP) is 2.65. The lowest BCUT2D eigenvalue weighted by Gasteiger charge is -2.32. The monoisotopic (exact) mass is 374 g/mol. The van der Waals surface area contributed by atoms with Crippen LogP contribution in [0.5, 0.6) is 0 Å². The summed E-state index contributed by atoms with van der Waals surface area (Å²) < 4.78 is 1.75. The molecule has 7 heteroatoms. The fraction of sp³-hybridized carbons (Fsp3) is 0.238. The third-order valence-electron chi connectivity index (χ3n) is 4.55. The van der Waals surface area contributed by atoms with Crippen molar-refractivity contribution in [3.8, 4) is 0 Å². The van der Waals surface area contributed by atoms with Crippen molar-refractivity contribution in [3.05, 3.63) is 77.9 Å². The first-order chi connectivity index (χ1) is 13.6. The van der Waals surface area contributed by atoms with Crippen LogP contribution >= 0.6 is 0 Å². The summed E-state index contributed by atoms with van der Waals surface area (Å²) in [6.45, 7) is 4.02. The minimum absolute atomic E-state index is 0.0644. The van der Waals surface area contributed by atoms with E-state index < -0.39 is 0 Å². The normalized spacial score (nSPS) is 15.9. The first-order valence-corrected chi connectivity index (χ1v) is 9.30. The van der Waals surface area contributed by atoms with E-state index in [1.807, 2.05) is 67.3 Å². The van der Waals surface area contributed by atoms with Crippen molar-refractivity contribution < 1.29 is 4.79 Å². The molecular weight excluding hydrogens is 352 g/mol. The van der Waals surface area contributed by atoms with Gasteiger partial charge in [-0.25, -0.2) is 0 Å². The van der Waals surface area contributed by atoms with Gasteiger partial charge in [-0.3, -0.25) is 9.69 Å². The number of benzene rings is 2. The van der Waals surface area contributed by atoms with Crippen molar-refractivity contribution in [1.82, 2.24) is 25.5 Å². The number of aromatic nitrogens is 4. The molecule has 3 aromatic rings. The number of hydrogen-bond acceptors (Lipinski definition) is 5. The molecule has 1 N–H and O–H groups in total. The average Bonchev–Trinajstić information content (AvgIpc) is 3.19. The topological polar surface area (TPSA) is 75.9 Å². The van der Waals surface area contributed by atoms with Crippen molar-refractivity contribution in [3.63, 3.8) is 0 Å². The maximum atomic E-state index is 12.5. The molecule has 0 saturated carbocycles. The standard InChI is InChI=1S/C21H22N6O/c1-15(2)22-20(28)14-26-18(16-9-5-3-6-10-16)13-19(17-11-7-4-8-12-17)27-21(26)23-24-25-27/h3-13,15,19H,14H2,1-2H3,(H,22,28)/t19-/m1/s1. The number of carbonyl (C=O) groups is 1. The molecule has 2 aromatic carbocycles. The van der Waals surface area contributed by atoms with Gasteiger partial charge in [0, 0.05) is 6.04 Å². The van der Waals surface area contributed by atoms with Crippen LogP contribution in [0.25, 0.3) is 5.70 Å². The molecule has 0 aliphatic carbocycles. The van der Waals surface area contributed by atoms with E-state index in [-0.39, 0.29) is 24.5 Å². The van der Waals surface area contributed by atoms with E-state index in [1.165, 1.54) is 0 Å². The molecule has 1 aromatic heterocycles.